The molecule has 1 unspecified atom stereocenters. The van der Waals surface area contributed by atoms with Gasteiger partial charge < -0.3 is 0 Å². The van der Waals surface area contributed by atoms with E-state index in [-0.39, 0.29) is 5.82 Å². The fourth-order valence-corrected chi connectivity index (χ4v) is 1.57. The van der Waals surface area contributed by atoms with Crippen LogP contribution in [0.4, 0.5) is 8.78 Å². The molecule has 0 spiro atoms. The molecule has 0 radical (unpaired) electrons. The van der Waals surface area contributed by atoms with Gasteiger partial charge in [-0.05, 0) is 29.8 Å². The third kappa shape index (κ3) is 2.64. The summed E-state index contributed by atoms with van der Waals surface area (Å²) in [5, 5.41) is 0. The van der Waals surface area contributed by atoms with Gasteiger partial charge >= 0.3 is 0 Å². The molecule has 0 amide bonds. The van der Waals surface area contributed by atoms with Crippen molar-refractivity contribution in [3.05, 3.63) is 65.5 Å². The number of rotatable bonds is 3. The van der Waals surface area contributed by atoms with Gasteiger partial charge in [0.25, 0.3) is 0 Å². The van der Waals surface area contributed by atoms with Crippen molar-refractivity contribution in [1.82, 2.24) is 10.4 Å². The Balaban J connectivity index is 2.33. The van der Waals surface area contributed by atoms with Gasteiger partial charge in [-0.3, -0.25) is 10.8 Å². The lowest BCUT2D eigenvalue weighted by Crippen LogP contribution is -2.29. The summed E-state index contributed by atoms with van der Waals surface area (Å²) < 4.78 is 25.5. The van der Waals surface area contributed by atoms with Crippen LogP contribution in [0.2, 0.25) is 0 Å². The molecule has 0 saturated carbocycles. The second-order valence-electron chi connectivity index (χ2n) is 3.55. The first-order valence-corrected chi connectivity index (χ1v) is 5.04. The van der Waals surface area contributed by atoms with Crippen molar-refractivity contribution in [3.63, 3.8) is 0 Å². The van der Waals surface area contributed by atoms with E-state index in [9.17, 15) is 8.78 Å². The smallest absolute Gasteiger partial charge is 0.141 e. The van der Waals surface area contributed by atoms with Crippen LogP contribution in [-0.4, -0.2) is 4.98 Å². The maximum absolute atomic E-state index is 12.8. The Hall–Kier alpha value is -1.85. The average Bonchev–Trinajstić information content (AvgIpc) is 2.35. The molecule has 0 fully saturated rings. The third-order valence-electron chi connectivity index (χ3n) is 2.42. The predicted octanol–water partition coefficient (Wildman–Crippen LogP) is 1.91. The first kappa shape index (κ1) is 11.6. The van der Waals surface area contributed by atoms with Crippen molar-refractivity contribution in [1.29, 1.82) is 0 Å². The van der Waals surface area contributed by atoms with Gasteiger partial charge in [-0.2, -0.15) is 0 Å². The third-order valence-corrected chi connectivity index (χ3v) is 2.42. The summed E-state index contributed by atoms with van der Waals surface area (Å²) in [6, 6.07) is 8.32. The Labute approximate surface area is 97.3 Å². The van der Waals surface area contributed by atoms with Gasteiger partial charge in [-0.15, -0.1) is 0 Å². The molecule has 0 aliphatic rings. The van der Waals surface area contributed by atoms with Crippen molar-refractivity contribution >= 4 is 0 Å². The van der Waals surface area contributed by atoms with Gasteiger partial charge in [0.1, 0.15) is 11.6 Å². The lowest BCUT2D eigenvalue weighted by atomic mass is 10.0. The number of halogens is 2. The number of nitrogens with two attached hydrogens (primary N) is 1. The maximum atomic E-state index is 12.8. The van der Waals surface area contributed by atoms with E-state index in [1.54, 1.807) is 12.1 Å². The van der Waals surface area contributed by atoms with Crippen molar-refractivity contribution in [2.75, 3.05) is 0 Å². The monoisotopic (exact) mass is 235 g/mol. The maximum Gasteiger partial charge on any atom is 0.141 e. The Morgan fingerprint density at radius 1 is 1.00 bits per heavy atom. The van der Waals surface area contributed by atoms with E-state index in [0.29, 0.717) is 5.69 Å². The molecular formula is C12H11F2N3. The van der Waals surface area contributed by atoms with Gasteiger partial charge in [0.2, 0.25) is 0 Å². The van der Waals surface area contributed by atoms with Crippen LogP contribution in [0, 0.1) is 11.6 Å². The summed E-state index contributed by atoms with van der Waals surface area (Å²) in [6.45, 7) is 0. The van der Waals surface area contributed by atoms with Crippen LogP contribution in [0.25, 0.3) is 0 Å². The minimum atomic E-state index is -0.413. The van der Waals surface area contributed by atoms with Gasteiger partial charge in [0.05, 0.1) is 17.9 Å². The molecule has 1 aromatic carbocycles. The largest absolute Gasteiger partial charge is 0.271 e. The van der Waals surface area contributed by atoms with Gasteiger partial charge in [0.15, 0.2) is 0 Å². The van der Waals surface area contributed by atoms with Crippen molar-refractivity contribution in [2.24, 2.45) is 5.84 Å². The Kier molecular flexibility index (Phi) is 3.41. The zero-order valence-electron chi connectivity index (χ0n) is 8.90. The lowest BCUT2D eigenvalue weighted by molar-refractivity contribution is 0.593. The fourth-order valence-electron chi connectivity index (χ4n) is 1.57. The highest BCUT2D eigenvalue weighted by molar-refractivity contribution is 5.27. The second-order valence-corrected chi connectivity index (χ2v) is 3.55. The molecule has 88 valence electrons. The van der Waals surface area contributed by atoms with Crippen molar-refractivity contribution in [3.8, 4) is 0 Å². The average molecular weight is 235 g/mol. The summed E-state index contributed by atoms with van der Waals surface area (Å²) in [5.41, 5.74) is 3.89. The Bertz CT molecular complexity index is 437. The highest BCUT2D eigenvalue weighted by Crippen LogP contribution is 2.19. The summed E-state index contributed by atoms with van der Waals surface area (Å²) in [5.74, 6) is 4.70. The zero-order chi connectivity index (χ0) is 12.3. The minimum absolute atomic E-state index is 0.323. The number of hydrogen-bond donors (Lipinski definition) is 2. The van der Waals surface area contributed by atoms with Crippen LogP contribution in [-0.2, 0) is 0 Å². The topological polar surface area (TPSA) is 50.9 Å². The molecule has 3 nitrogen and oxygen atoms in total. The number of nitrogens with zero attached hydrogens (tertiary/aromatic N) is 1. The van der Waals surface area contributed by atoms with Gasteiger partial charge in [0, 0.05) is 0 Å². The molecule has 0 aliphatic carbocycles. The molecule has 0 bridgehead atoms. The first-order valence-electron chi connectivity index (χ1n) is 5.04. The van der Waals surface area contributed by atoms with Crippen LogP contribution in [0.5, 0.6) is 0 Å². The zero-order valence-corrected chi connectivity index (χ0v) is 8.90. The number of hydrazine groups is 1. The van der Waals surface area contributed by atoms with Crippen LogP contribution in [0.15, 0.2) is 42.6 Å². The van der Waals surface area contributed by atoms with Crippen molar-refractivity contribution < 1.29 is 8.78 Å². The summed E-state index contributed by atoms with van der Waals surface area (Å²) in [6.07, 6.45) is 1.11. The first-order chi connectivity index (χ1) is 8.20. The van der Waals surface area contributed by atoms with Crippen LogP contribution < -0.4 is 11.3 Å². The second kappa shape index (κ2) is 4.99. The predicted molar refractivity (Wildman–Crippen MR) is 59.8 cm³/mol. The van der Waals surface area contributed by atoms with Gasteiger partial charge in [-0.25, -0.2) is 14.2 Å². The molecule has 5 heteroatoms. The summed E-state index contributed by atoms with van der Waals surface area (Å²) in [7, 11) is 0. The molecule has 1 atom stereocenters. The SMILES string of the molecule is NNC(c1ccc(F)cc1)c1ccc(F)cn1. The molecule has 1 heterocycles. The van der Waals surface area contributed by atoms with Crippen LogP contribution >= 0.6 is 0 Å². The molecule has 3 N–H and O–H groups in total. The lowest BCUT2D eigenvalue weighted by Gasteiger charge is -2.15. The minimum Gasteiger partial charge on any atom is -0.271 e. The van der Waals surface area contributed by atoms with Crippen LogP contribution in [0.1, 0.15) is 17.3 Å². The molecular weight excluding hydrogens is 224 g/mol. The molecule has 2 aromatic rings. The normalized spacial score (nSPS) is 12.4. The molecule has 2 rings (SSSR count). The van der Waals surface area contributed by atoms with Gasteiger partial charge in [-0.1, -0.05) is 12.1 Å². The van der Waals surface area contributed by atoms with E-state index in [1.807, 2.05) is 0 Å². The summed E-state index contributed by atoms with van der Waals surface area (Å²) in [4.78, 5) is 3.94. The Morgan fingerprint density at radius 2 is 1.65 bits per heavy atom. The van der Waals surface area contributed by atoms with Crippen molar-refractivity contribution in [2.45, 2.75) is 6.04 Å². The Morgan fingerprint density at radius 3 is 2.18 bits per heavy atom. The number of benzene rings is 1. The van der Waals surface area contributed by atoms with E-state index in [4.69, 9.17) is 5.84 Å². The highest BCUT2D eigenvalue weighted by Gasteiger charge is 2.13. The number of aromatic nitrogens is 1. The highest BCUT2D eigenvalue weighted by atomic mass is 19.1. The standard InChI is InChI=1S/C12H11F2N3/c13-9-3-1-8(2-4-9)12(17-15)11-6-5-10(14)7-16-11/h1-7,12,17H,15H2. The fraction of sp³-hybridized carbons (Fsp3) is 0.0833. The molecule has 17 heavy (non-hydrogen) atoms. The number of hydrogen-bond acceptors (Lipinski definition) is 3. The quantitative estimate of drug-likeness (QED) is 0.631. The number of nitrogens with one attached hydrogen (secondary N) is 1. The molecule has 1 aromatic heterocycles. The van der Waals surface area contributed by atoms with E-state index in [1.165, 1.54) is 24.3 Å². The molecule has 0 aliphatic heterocycles. The van der Waals surface area contributed by atoms with E-state index < -0.39 is 11.9 Å². The van der Waals surface area contributed by atoms with E-state index >= 15 is 0 Å². The number of pyridine rings is 1. The van der Waals surface area contributed by atoms with E-state index in [2.05, 4.69) is 10.4 Å². The molecule has 0 saturated heterocycles. The van der Waals surface area contributed by atoms with Crippen LogP contribution in [0.3, 0.4) is 0 Å². The van der Waals surface area contributed by atoms with E-state index in [0.717, 1.165) is 11.8 Å². The summed E-state index contributed by atoms with van der Waals surface area (Å²) >= 11 is 0.